The van der Waals surface area contributed by atoms with Gasteiger partial charge in [-0.1, -0.05) is 11.8 Å². The van der Waals surface area contributed by atoms with Gasteiger partial charge in [0, 0.05) is 18.3 Å². The molecule has 0 aromatic carbocycles. The number of aromatic nitrogens is 3. The lowest BCUT2D eigenvalue weighted by atomic mass is 10.3. The molecular formula is C15H18N4O. The van der Waals surface area contributed by atoms with Crippen molar-refractivity contribution in [3.8, 4) is 17.6 Å². The van der Waals surface area contributed by atoms with E-state index in [2.05, 4.69) is 28.8 Å². The van der Waals surface area contributed by atoms with E-state index >= 15 is 0 Å². The zero-order chi connectivity index (χ0) is 14.4. The summed E-state index contributed by atoms with van der Waals surface area (Å²) in [4.78, 5) is 4.11. The zero-order valence-electron chi connectivity index (χ0n) is 11.8. The average molecular weight is 270 g/mol. The highest BCUT2D eigenvalue weighted by Gasteiger charge is 2.05. The molecule has 0 bridgehead atoms. The van der Waals surface area contributed by atoms with Crippen molar-refractivity contribution in [2.24, 2.45) is 5.73 Å². The third-order valence-corrected chi connectivity index (χ3v) is 2.72. The quantitative estimate of drug-likeness (QED) is 0.855. The van der Waals surface area contributed by atoms with Gasteiger partial charge in [0.15, 0.2) is 0 Å². The van der Waals surface area contributed by atoms with Gasteiger partial charge in [-0.15, -0.1) is 0 Å². The summed E-state index contributed by atoms with van der Waals surface area (Å²) in [6.07, 6.45) is 3.36. The molecule has 0 unspecified atom stereocenters. The Labute approximate surface area is 118 Å². The first-order valence-electron chi connectivity index (χ1n) is 6.53. The van der Waals surface area contributed by atoms with Crippen molar-refractivity contribution < 1.29 is 4.74 Å². The summed E-state index contributed by atoms with van der Waals surface area (Å²) in [5.74, 6) is 6.42. The fourth-order valence-corrected chi connectivity index (χ4v) is 1.87. The van der Waals surface area contributed by atoms with Gasteiger partial charge >= 0.3 is 0 Å². The zero-order valence-corrected chi connectivity index (χ0v) is 11.8. The Morgan fingerprint density at radius 1 is 1.35 bits per heavy atom. The predicted molar refractivity (Wildman–Crippen MR) is 77.1 cm³/mol. The molecule has 0 fully saturated rings. The van der Waals surface area contributed by atoms with Crippen molar-refractivity contribution in [3.05, 3.63) is 41.5 Å². The maximum Gasteiger partial charge on any atom is 0.139 e. The first-order chi connectivity index (χ1) is 9.72. The Bertz CT molecular complexity index is 637. The highest BCUT2D eigenvalue weighted by molar-refractivity contribution is 5.36. The van der Waals surface area contributed by atoms with Crippen LogP contribution in [0, 0.1) is 18.8 Å². The molecule has 0 amide bonds. The van der Waals surface area contributed by atoms with Crippen molar-refractivity contribution in [2.45, 2.75) is 27.0 Å². The molecule has 0 aliphatic rings. The van der Waals surface area contributed by atoms with Crippen LogP contribution in [0.1, 0.15) is 23.9 Å². The Kier molecular flexibility index (Phi) is 4.75. The molecule has 2 N–H and O–H groups in total. The van der Waals surface area contributed by atoms with Crippen molar-refractivity contribution in [1.82, 2.24) is 14.8 Å². The van der Waals surface area contributed by atoms with Crippen molar-refractivity contribution in [1.29, 1.82) is 0 Å². The predicted octanol–water partition coefficient (Wildman–Crippen LogP) is 1.50. The van der Waals surface area contributed by atoms with E-state index in [0.29, 0.717) is 18.9 Å². The molecule has 20 heavy (non-hydrogen) atoms. The Morgan fingerprint density at radius 2 is 2.20 bits per heavy atom. The van der Waals surface area contributed by atoms with E-state index in [1.165, 1.54) is 0 Å². The Hall–Kier alpha value is -2.32. The van der Waals surface area contributed by atoms with Gasteiger partial charge in [0.25, 0.3) is 0 Å². The van der Waals surface area contributed by atoms with E-state index < -0.39 is 0 Å². The van der Waals surface area contributed by atoms with Crippen LogP contribution in [0.5, 0.6) is 5.75 Å². The van der Waals surface area contributed by atoms with Crippen LogP contribution in [-0.2, 0) is 13.2 Å². The van der Waals surface area contributed by atoms with E-state index in [4.69, 9.17) is 10.5 Å². The Balaban J connectivity index is 2.06. The van der Waals surface area contributed by atoms with Crippen molar-refractivity contribution in [2.75, 3.05) is 6.54 Å². The number of nitrogens with zero attached hydrogens (tertiary/aromatic N) is 3. The highest BCUT2D eigenvalue weighted by Crippen LogP contribution is 2.13. The molecule has 0 saturated heterocycles. The van der Waals surface area contributed by atoms with Gasteiger partial charge in [0.1, 0.15) is 12.4 Å². The second-order valence-electron chi connectivity index (χ2n) is 4.30. The first kappa shape index (κ1) is 14.1. The molecule has 0 radical (unpaired) electrons. The van der Waals surface area contributed by atoms with Crippen LogP contribution >= 0.6 is 0 Å². The highest BCUT2D eigenvalue weighted by atomic mass is 16.5. The lowest BCUT2D eigenvalue weighted by Gasteiger charge is -2.07. The number of hydrogen-bond acceptors (Lipinski definition) is 4. The molecule has 2 rings (SSSR count). The van der Waals surface area contributed by atoms with E-state index in [-0.39, 0.29) is 0 Å². The minimum absolute atomic E-state index is 0.333. The van der Waals surface area contributed by atoms with Crippen LogP contribution in [0.15, 0.2) is 24.5 Å². The number of ether oxygens (including phenoxy) is 1. The van der Waals surface area contributed by atoms with Crippen LogP contribution in [0.4, 0.5) is 0 Å². The molecule has 2 heterocycles. The minimum Gasteiger partial charge on any atom is -0.486 e. The summed E-state index contributed by atoms with van der Waals surface area (Å²) < 4.78 is 7.68. The molecule has 2 aromatic rings. The summed E-state index contributed by atoms with van der Waals surface area (Å²) in [6, 6.07) is 3.88. The van der Waals surface area contributed by atoms with Crippen molar-refractivity contribution in [3.63, 3.8) is 0 Å². The average Bonchev–Trinajstić information content (AvgIpc) is 2.83. The topological polar surface area (TPSA) is 66.0 Å². The lowest BCUT2D eigenvalue weighted by Crippen LogP contribution is -2.06. The number of nitrogens with two attached hydrogens (primary N) is 1. The van der Waals surface area contributed by atoms with Gasteiger partial charge in [-0.25, -0.2) is 0 Å². The van der Waals surface area contributed by atoms with E-state index in [1.807, 2.05) is 23.7 Å². The fourth-order valence-electron chi connectivity index (χ4n) is 1.87. The van der Waals surface area contributed by atoms with Crippen LogP contribution in [0.2, 0.25) is 0 Å². The molecule has 0 spiro atoms. The number of hydrogen-bond donors (Lipinski definition) is 1. The third-order valence-electron chi connectivity index (χ3n) is 2.72. The molecular weight excluding hydrogens is 252 g/mol. The molecule has 104 valence electrons. The molecule has 0 atom stereocenters. The van der Waals surface area contributed by atoms with E-state index in [1.54, 1.807) is 12.4 Å². The number of pyridine rings is 1. The Morgan fingerprint density at radius 3 is 2.95 bits per heavy atom. The summed E-state index contributed by atoms with van der Waals surface area (Å²) in [5.41, 5.74) is 8.18. The summed E-state index contributed by atoms with van der Waals surface area (Å²) in [6.45, 7) is 5.65. The normalized spacial score (nSPS) is 9.95. The SMILES string of the molecule is CCn1nc(C)cc1COc1cncc(C#CCN)c1. The molecule has 0 aliphatic carbocycles. The van der Waals surface area contributed by atoms with Crippen LogP contribution in [0.25, 0.3) is 0 Å². The van der Waals surface area contributed by atoms with Crippen LogP contribution < -0.4 is 10.5 Å². The minimum atomic E-state index is 0.333. The second kappa shape index (κ2) is 6.73. The molecule has 5 nitrogen and oxygen atoms in total. The first-order valence-corrected chi connectivity index (χ1v) is 6.53. The lowest BCUT2D eigenvalue weighted by molar-refractivity contribution is 0.291. The summed E-state index contributed by atoms with van der Waals surface area (Å²) >= 11 is 0. The molecule has 0 aliphatic heterocycles. The van der Waals surface area contributed by atoms with Crippen molar-refractivity contribution >= 4 is 0 Å². The standard InChI is InChI=1S/C15H18N4O/c1-3-19-14(7-12(2)18-19)11-20-15-8-13(5-4-6-16)9-17-10-15/h7-10H,3,6,11,16H2,1-2H3. The van der Waals surface area contributed by atoms with Gasteiger partial charge in [-0.3, -0.25) is 9.67 Å². The van der Waals surface area contributed by atoms with Gasteiger partial charge in [-0.05, 0) is 26.0 Å². The monoisotopic (exact) mass is 270 g/mol. The van der Waals surface area contributed by atoms with Gasteiger partial charge < -0.3 is 10.5 Å². The fraction of sp³-hybridized carbons (Fsp3) is 0.333. The third kappa shape index (κ3) is 3.59. The summed E-state index contributed by atoms with van der Waals surface area (Å²) in [7, 11) is 0. The van der Waals surface area contributed by atoms with Gasteiger partial charge in [0.2, 0.25) is 0 Å². The molecule has 0 saturated carbocycles. The van der Waals surface area contributed by atoms with Crippen LogP contribution in [-0.4, -0.2) is 21.3 Å². The van der Waals surface area contributed by atoms with Gasteiger partial charge in [0.05, 0.1) is 24.1 Å². The number of aryl methyl sites for hydroxylation is 2. The second-order valence-corrected chi connectivity index (χ2v) is 4.30. The largest absolute Gasteiger partial charge is 0.486 e. The van der Waals surface area contributed by atoms with E-state index in [9.17, 15) is 0 Å². The van der Waals surface area contributed by atoms with Crippen LogP contribution in [0.3, 0.4) is 0 Å². The maximum absolute atomic E-state index is 5.75. The van der Waals surface area contributed by atoms with E-state index in [0.717, 1.165) is 23.5 Å². The number of rotatable bonds is 4. The summed E-state index contributed by atoms with van der Waals surface area (Å²) in [5, 5.41) is 4.38. The smallest absolute Gasteiger partial charge is 0.139 e. The molecule has 5 heteroatoms. The molecule has 2 aromatic heterocycles. The maximum atomic E-state index is 5.75. The van der Waals surface area contributed by atoms with Gasteiger partial charge in [-0.2, -0.15) is 5.10 Å².